The van der Waals surface area contributed by atoms with E-state index in [1.54, 1.807) is 18.0 Å². The normalized spacial score (nSPS) is 15.4. The number of aryl methyl sites for hydroxylation is 1. The number of carbonyl (C=O) groups excluding carboxylic acids is 1. The van der Waals surface area contributed by atoms with E-state index in [0.717, 1.165) is 35.2 Å². The van der Waals surface area contributed by atoms with Gasteiger partial charge in [0.15, 0.2) is 5.16 Å². The minimum atomic E-state index is 0.109. The number of hydrogen-bond acceptors (Lipinski definition) is 4. The van der Waals surface area contributed by atoms with E-state index in [0.29, 0.717) is 12.3 Å². The van der Waals surface area contributed by atoms with Crippen molar-refractivity contribution < 1.29 is 4.79 Å². The summed E-state index contributed by atoms with van der Waals surface area (Å²) >= 11 is 1.61. The van der Waals surface area contributed by atoms with E-state index in [2.05, 4.69) is 15.6 Å². The molecule has 3 rings (SSSR count). The maximum Gasteiger partial charge on any atom is 0.224 e. The van der Waals surface area contributed by atoms with Gasteiger partial charge in [-0.3, -0.25) is 4.79 Å². The molecule has 0 radical (unpaired) electrons. The van der Waals surface area contributed by atoms with Gasteiger partial charge < -0.3 is 15.2 Å². The first kappa shape index (κ1) is 17.0. The van der Waals surface area contributed by atoms with E-state index in [1.807, 2.05) is 42.1 Å². The summed E-state index contributed by atoms with van der Waals surface area (Å²) in [6.07, 6.45) is 7.69. The van der Waals surface area contributed by atoms with Crippen LogP contribution in [0.1, 0.15) is 25.7 Å². The van der Waals surface area contributed by atoms with Crippen LogP contribution in [-0.2, 0) is 11.8 Å². The number of imidazole rings is 1. The number of piperidine rings is 1. The van der Waals surface area contributed by atoms with Gasteiger partial charge in [-0.25, -0.2) is 4.98 Å². The summed E-state index contributed by atoms with van der Waals surface area (Å²) in [7, 11) is 1.98. The first-order chi connectivity index (χ1) is 11.7. The Morgan fingerprint density at radius 1 is 1.33 bits per heavy atom. The van der Waals surface area contributed by atoms with Gasteiger partial charge in [0, 0.05) is 36.4 Å². The van der Waals surface area contributed by atoms with Crippen molar-refractivity contribution >= 4 is 23.4 Å². The molecule has 5 nitrogen and oxygen atoms in total. The second-order valence-electron chi connectivity index (χ2n) is 6.23. The first-order valence-electron chi connectivity index (χ1n) is 8.46. The predicted octanol–water partition coefficient (Wildman–Crippen LogP) is 3.29. The van der Waals surface area contributed by atoms with Gasteiger partial charge in [-0.2, -0.15) is 0 Å². The molecule has 1 aromatic heterocycles. The van der Waals surface area contributed by atoms with Crippen LogP contribution in [0.3, 0.4) is 0 Å². The molecule has 1 fully saturated rings. The zero-order chi connectivity index (χ0) is 16.8. The summed E-state index contributed by atoms with van der Waals surface area (Å²) in [4.78, 5) is 17.5. The molecular weight excluding hydrogens is 320 g/mol. The fourth-order valence-electron chi connectivity index (χ4n) is 2.89. The van der Waals surface area contributed by atoms with Crippen molar-refractivity contribution in [3.63, 3.8) is 0 Å². The smallest absolute Gasteiger partial charge is 0.224 e. The van der Waals surface area contributed by atoms with Gasteiger partial charge in [0.05, 0.1) is 0 Å². The molecule has 6 heteroatoms. The van der Waals surface area contributed by atoms with Crippen molar-refractivity contribution in [2.75, 3.05) is 18.4 Å². The van der Waals surface area contributed by atoms with Crippen LogP contribution < -0.4 is 10.6 Å². The van der Waals surface area contributed by atoms with Crippen molar-refractivity contribution in [3.05, 3.63) is 36.7 Å². The third kappa shape index (κ3) is 4.85. The van der Waals surface area contributed by atoms with Crippen molar-refractivity contribution in [3.8, 4) is 0 Å². The predicted molar refractivity (Wildman–Crippen MR) is 97.2 cm³/mol. The molecule has 1 amide bonds. The lowest BCUT2D eigenvalue weighted by Crippen LogP contribution is -2.28. The average Bonchev–Trinajstić information content (AvgIpc) is 3.01. The molecule has 0 unspecified atom stereocenters. The Hall–Kier alpha value is -1.79. The number of nitrogens with zero attached hydrogens (tertiary/aromatic N) is 2. The Morgan fingerprint density at radius 2 is 2.08 bits per heavy atom. The molecule has 2 heterocycles. The monoisotopic (exact) mass is 344 g/mol. The van der Waals surface area contributed by atoms with Crippen LogP contribution in [0.2, 0.25) is 0 Å². The number of carbonyl (C=O) groups is 1. The van der Waals surface area contributed by atoms with E-state index < -0.39 is 0 Å². The zero-order valence-electron chi connectivity index (χ0n) is 14.0. The number of amides is 1. The molecular formula is C18H24N4OS. The minimum Gasteiger partial charge on any atom is -0.329 e. The topological polar surface area (TPSA) is 59.0 Å². The zero-order valence-corrected chi connectivity index (χ0v) is 14.8. The number of rotatable bonds is 6. The third-order valence-corrected chi connectivity index (χ3v) is 5.45. The third-order valence-electron chi connectivity index (χ3n) is 4.36. The standard InChI is InChI=1S/C18H24N4OS/c1-22-13-12-20-18(22)24-16-5-3-15(4-6-16)21-17(23)7-2-14-8-10-19-11-9-14/h3-6,12-14,19H,2,7-11H2,1H3,(H,21,23). The Bertz CT molecular complexity index is 662. The van der Waals surface area contributed by atoms with E-state index in [4.69, 9.17) is 0 Å². The molecule has 24 heavy (non-hydrogen) atoms. The fourth-order valence-corrected chi connectivity index (χ4v) is 3.69. The van der Waals surface area contributed by atoms with Crippen LogP contribution in [0.5, 0.6) is 0 Å². The molecule has 0 atom stereocenters. The van der Waals surface area contributed by atoms with E-state index >= 15 is 0 Å². The number of nitrogens with one attached hydrogen (secondary N) is 2. The van der Waals surface area contributed by atoms with Crippen LogP contribution in [0.25, 0.3) is 0 Å². The van der Waals surface area contributed by atoms with Crippen LogP contribution >= 0.6 is 11.8 Å². The maximum atomic E-state index is 12.1. The van der Waals surface area contributed by atoms with Gasteiger partial charge in [0.2, 0.25) is 5.91 Å². The highest BCUT2D eigenvalue weighted by Gasteiger charge is 2.14. The Kier molecular flexibility index (Phi) is 5.93. The molecule has 2 N–H and O–H groups in total. The summed E-state index contributed by atoms with van der Waals surface area (Å²) < 4.78 is 1.99. The van der Waals surface area contributed by atoms with Crippen molar-refractivity contribution in [2.24, 2.45) is 13.0 Å². The quantitative estimate of drug-likeness (QED) is 0.844. The largest absolute Gasteiger partial charge is 0.329 e. The lowest BCUT2D eigenvalue weighted by atomic mass is 9.93. The van der Waals surface area contributed by atoms with Crippen LogP contribution in [0.15, 0.2) is 46.7 Å². The highest BCUT2D eigenvalue weighted by atomic mass is 32.2. The summed E-state index contributed by atoms with van der Waals surface area (Å²) in [5.74, 6) is 0.798. The van der Waals surface area contributed by atoms with Crippen molar-refractivity contribution in [2.45, 2.75) is 35.7 Å². The lowest BCUT2D eigenvalue weighted by molar-refractivity contribution is -0.116. The molecule has 1 saturated heterocycles. The summed E-state index contributed by atoms with van der Waals surface area (Å²) in [6, 6.07) is 7.94. The molecule has 0 saturated carbocycles. The molecule has 1 aliphatic heterocycles. The van der Waals surface area contributed by atoms with Gasteiger partial charge in [-0.15, -0.1) is 0 Å². The number of benzene rings is 1. The van der Waals surface area contributed by atoms with Gasteiger partial charge in [-0.1, -0.05) is 11.8 Å². The molecule has 2 aromatic rings. The molecule has 1 aromatic carbocycles. The Balaban J connectivity index is 1.46. The highest BCUT2D eigenvalue weighted by Crippen LogP contribution is 2.27. The number of anilines is 1. The van der Waals surface area contributed by atoms with Crippen molar-refractivity contribution in [1.29, 1.82) is 0 Å². The summed E-state index contributed by atoms with van der Waals surface area (Å²) in [6.45, 7) is 2.17. The molecule has 0 bridgehead atoms. The molecule has 0 spiro atoms. The summed E-state index contributed by atoms with van der Waals surface area (Å²) in [5, 5.41) is 7.30. The maximum absolute atomic E-state index is 12.1. The minimum absolute atomic E-state index is 0.109. The SMILES string of the molecule is Cn1ccnc1Sc1ccc(NC(=O)CCC2CCNCC2)cc1. The summed E-state index contributed by atoms with van der Waals surface area (Å²) in [5.41, 5.74) is 0.856. The molecule has 1 aliphatic rings. The fraction of sp³-hybridized carbons (Fsp3) is 0.444. The van der Waals surface area contributed by atoms with Crippen LogP contribution in [-0.4, -0.2) is 28.5 Å². The van der Waals surface area contributed by atoms with Gasteiger partial charge in [0.1, 0.15) is 0 Å². The van der Waals surface area contributed by atoms with Crippen molar-refractivity contribution in [1.82, 2.24) is 14.9 Å². The molecule has 0 aliphatic carbocycles. The van der Waals surface area contributed by atoms with Gasteiger partial charge >= 0.3 is 0 Å². The van der Waals surface area contributed by atoms with E-state index in [9.17, 15) is 4.79 Å². The van der Waals surface area contributed by atoms with Crippen LogP contribution in [0, 0.1) is 5.92 Å². The van der Waals surface area contributed by atoms with Crippen LogP contribution in [0.4, 0.5) is 5.69 Å². The second kappa shape index (κ2) is 8.35. The second-order valence-corrected chi connectivity index (χ2v) is 7.27. The number of aromatic nitrogens is 2. The van der Waals surface area contributed by atoms with Gasteiger partial charge in [0.25, 0.3) is 0 Å². The van der Waals surface area contributed by atoms with E-state index in [-0.39, 0.29) is 5.91 Å². The Labute approximate surface area is 147 Å². The lowest BCUT2D eigenvalue weighted by Gasteiger charge is -2.22. The Morgan fingerprint density at radius 3 is 2.75 bits per heavy atom. The van der Waals surface area contributed by atoms with Gasteiger partial charge in [-0.05, 0) is 62.5 Å². The van der Waals surface area contributed by atoms with E-state index in [1.165, 1.54) is 12.8 Å². The average molecular weight is 344 g/mol. The molecule has 128 valence electrons. The number of hydrogen-bond donors (Lipinski definition) is 2. The highest BCUT2D eigenvalue weighted by molar-refractivity contribution is 7.99. The first-order valence-corrected chi connectivity index (χ1v) is 9.28.